The molecule has 1 N–H and O–H groups in total. The van der Waals surface area contributed by atoms with Crippen LogP contribution in [0.25, 0.3) is 10.9 Å². The van der Waals surface area contributed by atoms with Gasteiger partial charge in [-0.15, -0.1) is 0 Å². The number of nitrogens with one attached hydrogen (secondary N) is 1. The minimum Gasteiger partial charge on any atom is -0.336 e. The third-order valence-corrected chi connectivity index (χ3v) is 3.83. The van der Waals surface area contributed by atoms with Gasteiger partial charge in [-0.2, -0.15) is 0 Å². The molecule has 0 saturated heterocycles. The first kappa shape index (κ1) is 14.0. The summed E-state index contributed by atoms with van der Waals surface area (Å²) in [5.41, 5.74) is 3.19. The van der Waals surface area contributed by atoms with E-state index in [1.54, 1.807) is 6.20 Å². The summed E-state index contributed by atoms with van der Waals surface area (Å²) in [7, 11) is 0. The van der Waals surface area contributed by atoms with E-state index >= 15 is 0 Å². The van der Waals surface area contributed by atoms with Crippen molar-refractivity contribution >= 4 is 45.6 Å². The van der Waals surface area contributed by atoms with Gasteiger partial charge in [0.05, 0.1) is 27.6 Å². The van der Waals surface area contributed by atoms with Crippen LogP contribution >= 0.6 is 23.2 Å². The average Bonchev–Trinajstić information content (AvgIpc) is 2.48. The molecule has 2 heterocycles. The Morgan fingerprint density at radius 3 is 2.57 bits per heavy atom. The largest absolute Gasteiger partial charge is 0.336 e. The van der Waals surface area contributed by atoms with E-state index in [1.807, 2.05) is 38.1 Å². The van der Waals surface area contributed by atoms with Crippen molar-refractivity contribution in [3.63, 3.8) is 0 Å². The zero-order valence-electron chi connectivity index (χ0n) is 11.5. The van der Waals surface area contributed by atoms with Gasteiger partial charge in [-0.3, -0.25) is 4.98 Å². The average molecular weight is 319 g/mol. The van der Waals surface area contributed by atoms with Crippen molar-refractivity contribution in [1.29, 1.82) is 0 Å². The number of rotatable bonds is 2. The molecule has 0 unspecified atom stereocenters. The van der Waals surface area contributed by atoms with Crippen molar-refractivity contribution in [3.05, 3.63) is 52.0 Å². The van der Waals surface area contributed by atoms with Crippen LogP contribution in [0.4, 0.5) is 11.5 Å². The fourth-order valence-electron chi connectivity index (χ4n) is 2.02. The molecule has 0 radical (unpaired) electrons. The van der Waals surface area contributed by atoms with E-state index in [0.29, 0.717) is 16.0 Å². The highest BCUT2D eigenvalue weighted by atomic mass is 35.5. The van der Waals surface area contributed by atoms with E-state index in [0.717, 1.165) is 28.0 Å². The standard InChI is InChI=1S/C15H12Cl2N4/c1-8-9(2)20-15(14(17)19-8)21-12-6-5-11(16)10-4-3-7-18-13(10)12/h3-7H,1-2H3,(H,20,21). The minimum absolute atomic E-state index is 0.331. The number of fused-ring (bicyclic) bond motifs is 1. The van der Waals surface area contributed by atoms with Crippen molar-refractivity contribution in [3.8, 4) is 0 Å². The highest BCUT2D eigenvalue weighted by molar-refractivity contribution is 6.36. The minimum atomic E-state index is 0.331. The van der Waals surface area contributed by atoms with Crippen LogP contribution in [0.2, 0.25) is 10.2 Å². The lowest BCUT2D eigenvalue weighted by Crippen LogP contribution is -2.01. The molecule has 0 spiro atoms. The van der Waals surface area contributed by atoms with Gasteiger partial charge in [0.2, 0.25) is 0 Å². The molecule has 0 aliphatic carbocycles. The first-order valence-corrected chi connectivity index (χ1v) is 7.13. The van der Waals surface area contributed by atoms with Crippen molar-refractivity contribution in [2.45, 2.75) is 13.8 Å². The quantitative estimate of drug-likeness (QED) is 0.744. The van der Waals surface area contributed by atoms with Crippen LogP contribution in [0.1, 0.15) is 11.4 Å². The Morgan fingerprint density at radius 1 is 1.00 bits per heavy atom. The van der Waals surface area contributed by atoms with Crippen molar-refractivity contribution in [1.82, 2.24) is 15.0 Å². The molecule has 0 amide bonds. The summed E-state index contributed by atoms with van der Waals surface area (Å²) in [6.07, 6.45) is 1.72. The lowest BCUT2D eigenvalue weighted by Gasteiger charge is -2.11. The molecule has 0 fully saturated rings. The van der Waals surface area contributed by atoms with Gasteiger partial charge >= 0.3 is 0 Å². The number of aromatic nitrogens is 3. The summed E-state index contributed by atoms with van der Waals surface area (Å²) in [6.45, 7) is 3.76. The SMILES string of the molecule is Cc1nc(Cl)c(Nc2ccc(Cl)c3cccnc23)nc1C. The zero-order valence-corrected chi connectivity index (χ0v) is 13.0. The summed E-state index contributed by atoms with van der Waals surface area (Å²) in [4.78, 5) is 13.1. The Morgan fingerprint density at radius 2 is 1.76 bits per heavy atom. The smallest absolute Gasteiger partial charge is 0.172 e. The summed E-state index contributed by atoms with van der Waals surface area (Å²) < 4.78 is 0. The van der Waals surface area contributed by atoms with Crippen LogP contribution in [-0.4, -0.2) is 15.0 Å². The molecule has 21 heavy (non-hydrogen) atoms. The Balaban J connectivity index is 2.11. The highest BCUT2D eigenvalue weighted by Gasteiger charge is 2.11. The van der Waals surface area contributed by atoms with Gasteiger partial charge in [-0.25, -0.2) is 9.97 Å². The number of halogens is 2. The van der Waals surface area contributed by atoms with Gasteiger partial charge in [-0.1, -0.05) is 23.2 Å². The molecule has 106 valence electrons. The fraction of sp³-hybridized carbons (Fsp3) is 0.133. The second kappa shape index (κ2) is 5.47. The maximum Gasteiger partial charge on any atom is 0.172 e. The van der Waals surface area contributed by atoms with E-state index in [4.69, 9.17) is 23.2 Å². The summed E-state index contributed by atoms with van der Waals surface area (Å²) in [6, 6.07) is 7.44. The van der Waals surface area contributed by atoms with Crippen LogP contribution in [0, 0.1) is 13.8 Å². The Kier molecular flexibility index (Phi) is 3.66. The molecule has 1 aromatic carbocycles. The predicted molar refractivity (Wildman–Crippen MR) is 86.6 cm³/mol. The maximum absolute atomic E-state index is 6.19. The molecular weight excluding hydrogens is 307 g/mol. The molecular formula is C15H12Cl2N4. The third kappa shape index (κ3) is 2.64. The normalized spacial score (nSPS) is 10.9. The number of benzene rings is 1. The van der Waals surface area contributed by atoms with Crippen molar-refractivity contribution in [2.24, 2.45) is 0 Å². The third-order valence-electron chi connectivity index (χ3n) is 3.23. The molecule has 0 saturated carbocycles. The Hall–Kier alpha value is -1.91. The van der Waals surface area contributed by atoms with Crippen LogP contribution in [0.5, 0.6) is 0 Å². The predicted octanol–water partition coefficient (Wildman–Crippen LogP) is 4.69. The number of nitrogens with zero attached hydrogens (tertiary/aromatic N) is 3. The van der Waals surface area contributed by atoms with E-state index in [2.05, 4.69) is 20.3 Å². The van der Waals surface area contributed by atoms with Crippen molar-refractivity contribution < 1.29 is 0 Å². The van der Waals surface area contributed by atoms with Crippen LogP contribution in [0.15, 0.2) is 30.5 Å². The van der Waals surface area contributed by atoms with E-state index < -0.39 is 0 Å². The van der Waals surface area contributed by atoms with Gasteiger partial charge in [0.15, 0.2) is 11.0 Å². The second-order valence-corrected chi connectivity index (χ2v) is 5.42. The van der Waals surface area contributed by atoms with Crippen LogP contribution in [0.3, 0.4) is 0 Å². The summed E-state index contributed by atoms with van der Waals surface area (Å²) in [5, 5.41) is 5.04. The number of hydrogen-bond acceptors (Lipinski definition) is 4. The van der Waals surface area contributed by atoms with E-state index in [9.17, 15) is 0 Å². The lowest BCUT2D eigenvalue weighted by molar-refractivity contribution is 1.05. The lowest BCUT2D eigenvalue weighted by atomic mass is 10.2. The van der Waals surface area contributed by atoms with Crippen LogP contribution < -0.4 is 5.32 Å². The molecule has 0 bridgehead atoms. The number of hydrogen-bond donors (Lipinski definition) is 1. The van der Waals surface area contributed by atoms with Gasteiger partial charge < -0.3 is 5.32 Å². The van der Waals surface area contributed by atoms with Gasteiger partial charge in [0, 0.05) is 11.6 Å². The molecule has 2 aromatic heterocycles. The Labute approximate surface area is 132 Å². The van der Waals surface area contributed by atoms with Gasteiger partial charge in [0.25, 0.3) is 0 Å². The molecule has 4 nitrogen and oxygen atoms in total. The number of aryl methyl sites for hydroxylation is 2. The summed E-state index contributed by atoms with van der Waals surface area (Å²) in [5.74, 6) is 0.508. The van der Waals surface area contributed by atoms with Gasteiger partial charge in [0.1, 0.15) is 0 Å². The topological polar surface area (TPSA) is 50.7 Å². The zero-order chi connectivity index (χ0) is 15.0. The van der Waals surface area contributed by atoms with Crippen LogP contribution in [-0.2, 0) is 0 Å². The molecule has 0 atom stereocenters. The monoisotopic (exact) mass is 318 g/mol. The first-order valence-electron chi connectivity index (χ1n) is 6.37. The molecule has 3 aromatic rings. The molecule has 0 aliphatic heterocycles. The summed E-state index contributed by atoms with van der Waals surface area (Å²) >= 11 is 12.3. The maximum atomic E-state index is 6.19. The Bertz CT molecular complexity index is 833. The molecule has 0 aliphatic rings. The highest BCUT2D eigenvalue weighted by Crippen LogP contribution is 2.31. The first-order chi connectivity index (χ1) is 10.1. The van der Waals surface area contributed by atoms with E-state index in [1.165, 1.54) is 0 Å². The molecule has 6 heteroatoms. The molecule has 3 rings (SSSR count). The van der Waals surface area contributed by atoms with Crippen molar-refractivity contribution in [2.75, 3.05) is 5.32 Å². The van der Waals surface area contributed by atoms with Gasteiger partial charge in [-0.05, 0) is 38.1 Å². The number of pyridine rings is 1. The number of anilines is 2. The van der Waals surface area contributed by atoms with E-state index in [-0.39, 0.29) is 0 Å². The second-order valence-electron chi connectivity index (χ2n) is 4.65. The fourth-order valence-corrected chi connectivity index (χ4v) is 2.45.